The minimum atomic E-state index is -0.818. The molecule has 1 N–H and O–H groups in total. The lowest BCUT2D eigenvalue weighted by Gasteiger charge is -2.35. The largest absolute Gasteiger partial charge is 0.486 e. The Morgan fingerprint density at radius 1 is 1.05 bits per heavy atom. The van der Waals surface area contributed by atoms with Crippen LogP contribution in [0.25, 0.3) is 0 Å². The van der Waals surface area contributed by atoms with Crippen LogP contribution in [0.3, 0.4) is 0 Å². The van der Waals surface area contributed by atoms with Crippen molar-refractivity contribution in [1.29, 1.82) is 0 Å². The van der Waals surface area contributed by atoms with Gasteiger partial charge < -0.3 is 19.9 Å². The molecule has 1 amide bonds. The average molecular weight is 561 g/mol. The number of hydrogen-bond acceptors (Lipinski definition) is 6. The molecule has 0 saturated carbocycles. The van der Waals surface area contributed by atoms with Gasteiger partial charge in [0.15, 0.2) is 17.4 Å². The Hall–Kier alpha value is -3.27. The van der Waals surface area contributed by atoms with Gasteiger partial charge in [-0.3, -0.25) is 14.9 Å². The Bertz CT molecular complexity index is 1150. The molecule has 8 nitrogen and oxygen atoms in total. The summed E-state index contributed by atoms with van der Waals surface area (Å²) in [6.45, 7) is 8.08. The standard InChI is InChI=1S/C29H38F2N4O4.CH4/c1-20(2)19-39-28-18-24(4-6-27(28)35(37)38)32-23-9-15-34(16-10-23)29(36)11-14-33-12-7-21(8-13-33)22-3-5-25(30)26(31)17-22;/h3-6,17-18,20-21,23,32H,7-16,19H2,1-2H3;1H4. The second kappa shape index (κ2) is 14.4. The molecule has 2 aromatic rings. The fraction of sp³-hybridized carbons (Fsp3) is 0.567. The van der Waals surface area contributed by atoms with Crippen LogP contribution in [0, 0.1) is 27.7 Å². The lowest BCUT2D eigenvalue weighted by Crippen LogP contribution is -2.43. The SMILES string of the molecule is C.CC(C)COc1cc(NC2CCN(C(=O)CCN3CCC(c4ccc(F)c(F)c4)CC3)CC2)ccc1[N+](=O)[O-]. The number of carbonyl (C=O) groups excluding carboxylic acids is 1. The second-order valence-electron chi connectivity index (χ2n) is 11.0. The van der Waals surface area contributed by atoms with Gasteiger partial charge >= 0.3 is 5.69 Å². The number of nitro benzene ring substituents is 1. The zero-order valence-electron chi connectivity index (χ0n) is 22.7. The first-order valence-electron chi connectivity index (χ1n) is 13.8. The number of nitro groups is 1. The molecular weight excluding hydrogens is 518 g/mol. The maximum atomic E-state index is 13.6. The van der Waals surface area contributed by atoms with Gasteiger partial charge in [-0.25, -0.2) is 8.78 Å². The molecule has 4 rings (SSSR count). The van der Waals surface area contributed by atoms with E-state index in [2.05, 4.69) is 10.2 Å². The van der Waals surface area contributed by atoms with Crippen molar-refractivity contribution in [3.05, 3.63) is 63.7 Å². The van der Waals surface area contributed by atoms with Gasteiger partial charge in [0.1, 0.15) is 0 Å². The number of rotatable bonds is 10. The maximum Gasteiger partial charge on any atom is 0.311 e. The first-order valence-corrected chi connectivity index (χ1v) is 13.8. The van der Waals surface area contributed by atoms with Gasteiger partial charge in [-0.2, -0.15) is 0 Å². The number of ether oxygens (including phenoxy) is 1. The van der Waals surface area contributed by atoms with Crippen molar-refractivity contribution in [2.24, 2.45) is 5.92 Å². The van der Waals surface area contributed by atoms with Gasteiger partial charge in [-0.15, -0.1) is 0 Å². The molecule has 0 spiro atoms. The van der Waals surface area contributed by atoms with Gasteiger partial charge in [0.05, 0.1) is 11.5 Å². The smallest absolute Gasteiger partial charge is 0.311 e. The van der Waals surface area contributed by atoms with Crippen molar-refractivity contribution in [3.63, 3.8) is 0 Å². The van der Waals surface area contributed by atoms with E-state index in [0.29, 0.717) is 32.7 Å². The molecule has 0 aromatic heterocycles. The topological polar surface area (TPSA) is 88.0 Å². The van der Waals surface area contributed by atoms with Crippen LogP contribution in [0.15, 0.2) is 36.4 Å². The minimum absolute atomic E-state index is 0. The van der Waals surface area contributed by atoms with Crippen molar-refractivity contribution in [2.45, 2.75) is 65.3 Å². The normalized spacial score (nSPS) is 17.0. The summed E-state index contributed by atoms with van der Waals surface area (Å²) in [5.41, 5.74) is 1.57. The highest BCUT2D eigenvalue weighted by Gasteiger charge is 2.26. The van der Waals surface area contributed by atoms with Crippen LogP contribution >= 0.6 is 0 Å². The summed E-state index contributed by atoms with van der Waals surface area (Å²) < 4.78 is 32.5. The summed E-state index contributed by atoms with van der Waals surface area (Å²) in [5.74, 6) is -0.736. The van der Waals surface area contributed by atoms with E-state index in [4.69, 9.17) is 4.74 Å². The summed E-state index contributed by atoms with van der Waals surface area (Å²) in [6, 6.07) is 9.20. The average Bonchev–Trinajstić information content (AvgIpc) is 2.92. The van der Waals surface area contributed by atoms with Gasteiger partial charge in [0, 0.05) is 49.9 Å². The zero-order valence-corrected chi connectivity index (χ0v) is 22.7. The first-order chi connectivity index (χ1) is 18.7. The summed E-state index contributed by atoms with van der Waals surface area (Å²) in [4.78, 5) is 28.0. The first kappa shape index (κ1) is 31.3. The lowest BCUT2D eigenvalue weighted by molar-refractivity contribution is -0.385. The monoisotopic (exact) mass is 560 g/mol. The minimum Gasteiger partial charge on any atom is -0.486 e. The highest BCUT2D eigenvalue weighted by molar-refractivity contribution is 5.76. The molecule has 2 aromatic carbocycles. The summed E-state index contributed by atoms with van der Waals surface area (Å²) in [6.07, 6.45) is 3.79. The quantitative estimate of drug-likeness (QED) is 0.274. The third-order valence-corrected chi connectivity index (χ3v) is 7.59. The number of nitrogens with zero attached hydrogens (tertiary/aromatic N) is 3. The summed E-state index contributed by atoms with van der Waals surface area (Å²) in [7, 11) is 0. The predicted octanol–water partition coefficient (Wildman–Crippen LogP) is 6.22. The van der Waals surface area contributed by atoms with E-state index < -0.39 is 16.6 Å². The number of amides is 1. The molecule has 220 valence electrons. The predicted molar refractivity (Wildman–Crippen MR) is 153 cm³/mol. The molecule has 0 atom stereocenters. The van der Waals surface area contributed by atoms with Crippen LogP contribution in [0.5, 0.6) is 5.75 Å². The van der Waals surface area contributed by atoms with Crippen LogP contribution in [0.1, 0.15) is 64.9 Å². The van der Waals surface area contributed by atoms with E-state index in [1.165, 1.54) is 18.2 Å². The van der Waals surface area contributed by atoms with Crippen LogP contribution in [0.2, 0.25) is 0 Å². The molecule has 2 saturated heterocycles. The molecule has 0 aliphatic carbocycles. The molecule has 0 unspecified atom stereocenters. The summed E-state index contributed by atoms with van der Waals surface area (Å²) >= 11 is 0. The number of carbonyl (C=O) groups is 1. The van der Waals surface area contributed by atoms with E-state index in [0.717, 1.165) is 50.0 Å². The molecule has 2 aliphatic rings. The Kier molecular flexibility index (Phi) is 11.2. The number of benzene rings is 2. The van der Waals surface area contributed by atoms with Crippen LogP contribution in [0.4, 0.5) is 20.2 Å². The number of halogens is 2. The van der Waals surface area contributed by atoms with E-state index in [1.54, 1.807) is 18.2 Å². The Labute approximate surface area is 235 Å². The zero-order chi connectivity index (χ0) is 27.9. The number of likely N-dealkylation sites (tertiary alicyclic amines) is 2. The second-order valence-corrected chi connectivity index (χ2v) is 11.0. The lowest BCUT2D eigenvalue weighted by atomic mass is 9.89. The fourth-order valence-corrected chi connectivity index (χ4v) is 5.30. The van der Waals surface area contributed by atoms with Gasteiger partial charge in [-0.1, -0.05) is 27.3 Å². The Morgan fingerprint density at radius 3 is 2.38 bits per heavy atom. The fourth-order valence-electron chi connectivity index (χ4n) is 5.30. The molecular formula is C30H42F2N4O4. The molecule has 40 heavy (non-hydrogen) atoms. The molecule has 2 aliphatic heterocycles. The van der Waals surface area contributed by atoms with Crippen molar-refractivity contribution in [3.8, 4) is 5.75 Å². The van der Waals surface area contributed by atoms with Gasteiger partial charge in [0.25, 0.3) is 0 Å². The highest BCUT2D eigenvalue weighted by Crippen LogP contribution is 2.32. The highest BCUT2D eigenvalue weighted by atomic mass is 19.2. The van der Waals surface area contributed by atoms with Crippen molar-refractivity contribution < 1.29 is 23.2 Å². The third-order valence-electron chi connectivity index (χ3n) is 7.59. The van der Waals surface area contributed by atoms with Crippen molar-refractivity contribution >= 4 is 17.3 Å². The molecule has 2 heterocycles. The third kappa shape index (κ3) is 8.36. The van der Waals surface area contributed by atoms with Crippen LogP contribution in [-0.2, 0) is 4.79 Å². The Morgan fingerprint density at radius 2 is 1.75 bits per heavy atom. The number of piperidine rings is 2. The van der Waals surface area contributed by atoms with Crippen molar-refractivity contribution in [1.82, 2.24) is 9.80 Å². The van der Waals surface area contributed by atoms with E-state index in [9.17, 15) is 23.7 Å². The van der Waals surface area contributed by atoms with E-state index in [1.807, 2.05) is 18.7 Å². The Balaban J connectivity index is 0.00000441. The van der Waals surface area contributed by atoms with E-state index in [-0.39, 0.29) is 42.6 Å². The number of anilines is 1. The van der Waals surface area contributed by atoms with Crippen LogP contribution < -0.4 is 10.1 Å². The number of nitrogens with one attached hydrogen (secondary N) is 1. The van der Waals surface area contributed by atoms with E-state index >= 15 is 0 Å². The van der Waals surface area contributed by atoms with Crippen molar-refractivity contribution in [2.75, 3.05) is 44.6 Å². The van der Waals surface area contributed by atoms with Crippen LogP contribution in [-0.4, -0.2) is 66.0 Å². The van der Waals surface area contributed by atoms with Gasteiger partial charge in [0.2, 0.25) is 5.91 Å². The summed E-state index contributed by atoms with van der Waals surface area (Å²) in [5, 5.41) is 14.8. The van der Waals surface area contributed by atoms with Gasteiger partial charge in [-0.05, 0) is 74.4 Å². The molecule has 0 radical (unpaired) electrons. The molecule has 0 bridgehead atoms. The maximum absolute atomic E-state index is 13.6. The number of hydrogen-bond donors (Lipinski definition) is 1. The molecule has 2 fully saturated rings. The molecule has 10 heteroatoms.